The topological polar surface area (TPSA) is 115 Å². The predicted molar refractivity (Wildman–Crippen MR) is 122 cm³/mol. The molecule has 2 aliphatic heterocycles. The number of rotatable bonds is 7. The number of ether oxygens (including phenoxy) is 1. The molecule has 0 spiro atoms. The third-order valence-corrected chi connectivity index (χ3v) is 6.43. The van der Waals surface area contributed by atoms with Crippen LogP contribution in [-0.4, -0.2) is 70.1 Å². The van der Waals surface area contributed by atoms with Gasteiger partial charge >= 0.3 is 6.36 Å². The fourth-order valence-corrected chi connectivity index (χ4v) is 4.48. The number of fused-ring (bicyclic) bond motifs is 1. The van der Waals surface area contributed by atoms with Gasteiger partial charge in [0, 0.05) is 32.4 Å². The van der Waals surface area contributed by atoms with Crippen LogP contribution in [0.1, 0.15) is 24.1 Å². The van der Waals surface area contributed by atoms with E-state index in [9.17, 15) is 33.0 Å². The number of para-hydroxylation sites is 2. The maximum absolute atomic E-state index is 12.7. The number of aliphatic hydroxyl groups excluding tert-OH is 2. The summed E-state index contributed by atoms with van der Waals surface area (Å²) in [7, 11) is 0. The lowest BCUT2D eigenvalue weighted by atomic mass is 9.96. The monoisotopic (exact) mass is 508 g/mol. The number of hydrogen-bond acceptors (Lipinski definition) is 7. The van der Waals surface area contributed by atoms with E-state index in [1.165, 1.54) is 17.0 Å². The van der Waals surface area contributed by atoms with Crippen molar-refractivity contribution in [3.63, 3.8) is 0 Å². The summed E-state index contributed by atoms with van der Waals surface area (Å²) in [5.41, 5.74) is 1.89. The average molecular weight is 508 g/mol. The molecule has 1 saturated heterocycles. The van der Waals surface area contributed by atoms with Crippen LogP contribution in [0.3, 0.4) is 0 Å². The van der Waals surface area contributed by atoms with Crippen LogP contribution in [-0.2, 0) is 22.7 Å². The van der Waals surface area contributed by atoms with Crippen LogP contribution in [0.15, 0.2) is 42.6 Å². The molecule has 1 aromatic carbocycles. The smallest absolute Gasteiger partial charge is 0.404 e. The molecule has 0 unspecified atom stereocenters. The number of hydrogen-bond donors (Lipinski definition) is 3. The summed E-state index contributed by atoms with van der Waals surface area (Å²) < 4.78 is 42.2. The maximum atomic E-state index is 12.7. The molecule has 12 heteroatoms. The minimum absolute atomic E-state index is 0.0140. The number of benzene rings is 1. The number of piperidine rings is 1. The highest BCUT2D eigenvalue weighted by Crippen LogP contribution is 2.34. The van der Waals surface area contributed by atoms with Crippen molar-refractivity contribution in [2.24, 2.45) is 5.92 Å². The minimum Gasteiger partial charge on any atom is -0.404 e. The Morgan fingerprint density at radius 1 is 1.08 bits per heavy atom. The Bertz CT molecular complexity index is 1070. The summed E-state index contributed by atoms with van der Waals surface area (Å²) >= 11 is 0. The first kappa shape index (κ1) is 25.7. The fraction of sp³-hybridized carbons (Fsp3) is 0.458. The maximum Gasteiger partial charge on any atom is 0.573 e. The molecular weight excluding hydrogens is 481 g/mol. The SMILES string of the molecule is O=C(NCC1CCN(c2ccccc2OC(F)(F)F)CC1)[C@H](O)[C@@H](O)C(=O)N1Cc2cccnc2C1. The number of pyridine rings is 1. The second kappa shape index (κ2) is 10.7. The van der Waals surface area contributed by atoms with E-state index in [1.807, 2.05) is 6.07 Å². The lowest BCUT2D eigenvalue weighted by molar-refractivity contribution is -0.274. The Morgan fingerprint density at radius 2 is 1.81 bits per heavy atom. The van der Waals surface area contributed by atoms with E-state index in [4.69, 9.17) is 0 Å². The van der Waals surface area contributed by atoms with Gasteiger partial charge in [0.05, 0.1) is 17.9 Å². The van der Waals surface area contributed by atoms with Crippen molar-refractivity contribution < 1.29 is 37.7 Å². The van der Waals surface area contributed by atoms with Crippen LogP contribution < -0.4 is 15.0 Å². The normalized spacial score (nSPS) is 17.9. The molecule has 2 aliphatic rings. The molecule has 2 aromatic rings. The van der Waals surface area contributed by atoms with Crippen LogP contribution in [0.2, 0.25) is 0 Å². The zero-order chi connectivity index (χ0) is 25.9. The van der Waals surface area contributed by atoms with Crippen molar-refractivity contribution in [1.82, 2.24) is 15.2 Å². The highest BCUT2D eigenvalue weighted by Gasteiger charge is 2.36. The van der Waals surface area contributed by atoms with Crippen LogP contribution in [0.4, 0.5) is 18.9 Å². The molecule has 194 valence electrons. The fourth-order valence-electron chi connectivity index (χ4n) is 4.48. The van der Waals surface area contributed by atoms with Gasteiger partial charge in [-0.25, -0.2) is 0 Å². The number of carbonyl (C=O) groups excluding carboxylic acids is 2. The van der Waals surface area contributed by atoms with Gasteiger partial charge in [-0.15, -0.1) is 13.2 Å². The van der Waals surface area contributed by atoms with Crippen molar-refractivity contribution in [2.45, 2.75) is 44.5 Å². The van der Waals surface area contributed by atoms with Gasteiger partial charge in [-0.2, -0.15) is 0 Å². The Hall–Kier alpha value is -3.38. The number of nitrogens with zero attached hydrogens (tertiary/aromatic N) is 3. The van der Waals surface area contributed by atoms with Gasteiger partial charge in [-0.3, -0.25) is 14.6 Å². The number of carbonyl (C=O) groups is 2. The molecule has 0 aliphatic carbocycles. The Labute approximate surface area is 205 Å². The van der Waals surface area contributed by atoms with E-state index < -0.39 is 30.4 Å². The van der Waals surface area contributed by atoms with Gasteiger partial charge in [0.2, 0.25) is 0 Å². The first-order valence-corrected chi connectivity index (χ1v) is 11.6. The zero-order valence-electron chi connectivity index (χ0n) is 19.3. The van der Waals surface area contributed by atoms with E-state index in [-0.39, 0.29) is 31.3 Å². The van der Waals surface area contributed by atoms with Gasteiger partial charge < -0.3 is 30.1 Å². The molecule has 4 rings (SSSR count). The van der Waals surface area contributed by atoms with E-state index in [0.717, 1.165) is 5.56 Å². The molecular formula is C24H27F3N4O5. The predicted octanol–water partition coefficient (Wildman–Crippen LogP) is 1.58. The third kappa shape index (κ3) is 6.05. The van der Waals surface area contributed by atoms with Crippen molar-refractivity contribution in [1.29, 1.82) is 0 Å². The van der Waals surface area contributed by atoms with E-state index >= 15 is 0 Å². The van der Waals surface area contributed by atoms with E-state index in [0.29, 0.717) is 37.3 Å². The molecule has 9 nitrogen and oxygen atoms in total. The lowest BCUT2D eigenvalue weighted by Crippen LogP contribution is -2.50. The molecule has 1 fully saturated rings. The largest absolute Gasteiger partial charge is 0.573 e. The summed E-state index contributed by atoms with van der Waals surface area (Å²) in [6.45, 7) is 1.53. The molecule has 2 amide bonds. The number of alkyl halides is 3. The Morgan fingerprint density at radius 3 is 2.50 bits per heavy atom. The molecule has 2 atom stereocenters. The minimum atomic E-state index is -4.79. The average Bonchev–Trinajstić information content (AvgIpc) is 3.30. The van der Waals surface area contributed by atoms with Crippen molar-refractivity contribution in [2.75, 3.05) is 24.5 Å². The Kier molecular flexibility index (Phi) is 7.65. The summed E-state index contributed by atoms with van der Waals surface area (Å²) in [6, 6.07) is 9.49. The second-order valence-corrected chi connectivity index (χ2v) is 8.88. The first-order chi connectivity index (χ1) is 17.1. The lowest BCUT2D eigenvalue weighted by Gasteiger charge is -2.34. The number of aromatic nitrogens is 1. The summed E-state index contributed by atoms with van der Waals surface area (Å²) in [4.78, 5) is 32.3. The Balaban J connectivity index is 1.24. The molecule has 0 radical (unpaired) electrons. The molecule has 3 heterocycles. The number of halogens is 3. The van der Waals surface area contributed by atoms with Crippen molar-refractivity contribution in [3.8, 4) is 5.75 Å². The second-order valence-electron chi connectivity index (χ2n) is 8.88. The number of amides is 2. The molecule has 0 saturated carbocycles. The summed E-state index contributed by atoms with van der Waals surface area (Å²) in [5.74, 6) is -1.88. The van der Waals surface area contributed by atoms with E-state index in [2.05, 4.69) is 15.0 Å². The van der Waals surface area contributed by atoms with Crippen LogP contribution in [0, 0.1) is 5.92 Å². The van der Waals surface area contributed by atoms with Gasteiger partial charge in [-0.1, -0.05) is 18.2 Å². The van der Waals surface area contributed by atoms with Crippen LogP contribution in [0.25, 0.3) is 0 Å². The van der Waals surface area contributed by atoms with Crippen molar-refractivity contribution in [3.05, 3.63) is 53.9 Å². The first-order valence-electron chi connectivity index (χ1n) is 11.6. The summed E-state index contributed by atoms with van der Waals surface area (Å²) in [6.07, 6.45) is -5.87. The summed E-state index contributed by atoms with van der Waals surface area (Å²) in [5, 5.41) is 23.1. The van der Waals surface area contributed by atoms with Gasteiger partial charge in [0.15, 0.2) is 18.0 Å². The van der Waals surface area contributed by atoms with Gasteiger partial charge in [0.25, 0.3) is 11.8 Å². The van der Waals surface area contributed by atoms with Gasteiger partial charge in [0.1, 0.15) is 0 Å². The van der Waals surface area contributed by atoms with Crippen LogP contribution >= 0.6 is 0 Å². The molecule has 36 heavy (non-hydrogen) atoms. The van der Waals surface area contributed by atoms with Crippen molar-refractivity contribution >= 4 is 17.5 Å². The quantitative estimate of drug-likeness (QED) is 0.520. The molecule has 1 aromatic heterocycles. The van der Waals surface area contributed by atoms with E-state index in [1.54, 1.807) is 29.3 Å². The highest BCUT2D eigenvalue weighted by atomic mass is 19.4. The highest BCUT2D eigenvalue weighted by molar-refractivity contribution is 5.90. The van der Waals surface area contributed by atoms with Crippen LogP contribution in [0.5, 0.6) is 5.75 Å². The molecule has 3 N–H and O–H groups in total. The zero-order valence-corrected chi connectivity index (χ0v) is 19.3. The molecule has 0 bridgehead atoms. The van der Waals surface area contributed by atoms with Gasteiger partial charge in [-0.05, 0) is 42.5 Å². The number of nitrogens with one attached hydrogen (secondary N) is 1. The third-order valence-electron chi connectivity index (χ3n) is 6.43. The standard InChI is InChI=1S/C24H27F3N4O5/c25-24(26,27)36-19-6-2-1-5-18(19)30-10-7-15(8-11-30)12-29-22(34)20(32)21(33)23(35)31-13-16-4-3-9-28-17(16)14-31/h1-6,9,15,20-21,32-33H,7-8,10-14H2,(H,29,34)/t20-,21-/m1/s1. The number of aliphatic hydroxyl groups is 2. The number of anilines is 1.